The normalized spacial score (nSPS) is 45.7. The third-order valence-corrected chi connectivity index (χ3v) is 4.02. The molecular formula is C12H18N2. The molecule has 0 aromatic heterocycles. The van der Waals surface area contributed by atoms with Gasteiger partial charge in [0.15, 0.2) is 0 Å². The molecule has 0 radical (unpaired) electrons. The Morgan fingerprint density at radius 2 is 2.21 bits per heavy atom. The van der Waals surface area contributed by atoms with Crippen LogP contribution in [0.15, 0.2) is 17.1 Å². The van der Waals surface area contributed by atoms with Gasteiger partial charge in [0.25, 0.3) is 0 Å². The summed E-state index contributed by atoms with van der Waals surface area (Å²) in [5.41, 5.74) is 0. The van der Waals surface area contributed by atoms with Gasteiger partial charge >= 0.3 is 0 Å². The summed E-state index contributed by atoms with van der Waals surface area (Å²) in [5.74, 6) is 1.61. The van der Waals surface area contributed by atoms with E-state index in [4.69, 9.17) is 0 Å². The number of dihydropyridines is 1. The van der Waals surface area contributed by atoms with E-state index in [9.17, 15) is 0 Å². The van der Waals surface area contributed by atoms with Crippen molar-refractivity contribution in [1.29, 1.82) is 0 Å². The van der Waals surface area contributed by atoms with Crippen LogP contribution in [0.5, 0.6) is 0 Å². The highest BCUT2D eigenvalue weighted by Gasteiger charge is 2.39. The average Bonchev–Trinajstić information content (AvgIpc) is 2.29. The molecule has 1 aliphatic carbocycles. The van der Waals surface area contributed by atoms with Gasteiger partial charge in [-0.2, -0.15) is 0 Å². The van der Waals surface area contributed by atoms with Crippen molar-refractivity contribution < 1.29 is 0 Å². The molecule has 0 bridgehead atoms. The van der Waals surface area contributed by atoms with Crippen molar-refractivity contribution in [2.75, 3.05) is 6.54 Å². The third-order valence-electron chi connectivity index (χ3n) is 4.02. The summed E-state index contributed by atoms with van der Waals surface area (Å²) in [6, 6.07) is 1.21. The Hall–Kier alpha value is -0.630. The van der Waals surface area contributed by atoms with Crippen LogP contribution in [0.1, 0.15) is 25.7 Å². The smallest absolute Gasteiger partial charge is 0.0717 e. The molecule has 1 saturated carbocycles. The SMILES string of the molecule is C1=CC2CCC3CCCNC3C2N=C1. The molecule has 3 aliphatic rings. The molecule has 1 N–H and O–H groups in total. The Bertz CT molecular complexity index is 269. The first-order chi connectivity index (χ1) is 6.95. The summed E-state index contributed by atoms with van der Waals surface area (Å²) in [5, 5.41) is 3.67. The van der Waals surface area contributed by atoms with Crippen molar-refractivity contribution in [2.45, 2.75) is 37.8 Å². The standard InChI is InChI=1S/C12H18N2/c1-3-9-5-6-10-4-2-8-14-12(10)11(9)13-7-1/h1,3,7,9-12,14H,2,4-6,8H2. The summed E-state index contributed by atoms with van der Waals surface area (Å²) in [6.07, 6.45) is 12.0. The summed E-state index contributed by atoms with van der Waals surface area (Å²) >= 11 is 0. The molecule has 0 spiro atoms. The van der Waals surface area contributed by atoms with E-state index in [1.165, 1.54) is 32.2 Å². The molecule has 76 valence electrons. The fourth-order valence-electron chi connectivity index (χ4n) is 3.30. The second-order valence-corrected chi connectivity index (χ2v) is 4.80. The molecule has 0 aromatic rings. The molecular weight excluding hydrogens is 172 g/mol. The van der Waals surface area contributed by atoms with E-state index in [-0.39, 0.29) is 0 Å². The minimum Gasteiger partial charge on any atom is -0.312 e. The van der Waals surface area contributed by atoms with Crippen LogP contribution in [0.25, 0.3) is 0 Å². The highest BCUT2D eigenvalue weighted by atomic mass is 15.0. The van der Waals surface area contributed by atoms with Crippen LogP contribution < -0.4 is 5.32 Å². The minimum atomic E-state index is 0.541. The lowest BCUT2D eigenvalue weighted by molar-refractivity contribution is 0.159. The van der Waals surface area contributed by atoms with Crippen LogP contribution in [-0.2, 0) is 0 Å². The van der Waals surface area contributed by atoms with E-state index < -0.39 is 0 Å². The first kappa shape index (κ1) is 8.66. The number of hydrogen-bond acceptors (Lipinski definition) is 2. The lowest BCUT2D eigenvalue weighted by Crippen LogP contribution is -2.53. The molecule has 2 heteroatoms. The molecule has 2 nitrogen and oxygen atoms in total. The van der Waals surface area contributed by atoms with Crippen molar-refractivity contribution in [2.24, 2.45) is 16.8 Å². The number of fused-ring (bicyclic) bond motifs is 3. The largest absolute Gasteiger partial charge is 0.312 e. The van der Waals surface area contributed by atoms with E-state index >= 15 is 0 Å². The zero-order chi connectivity index (χ0) is 9.38. The van der Waals surface area contributed by atoms with Gasteiger partial charge in [-0.1, -0.05) is 6.08 Å². The fraction of sp³-hybridized carbons (Fsp3) is 0.750. The Morgan fingerprint density at radius 1 is 1.21 bits per heavy atom. The maximum absolute atomic E-state index is 4.66. The van der Waals surface area contributed by atoms with Crippen molar-refractivity contribution >= 4 is 6.21 Å². The van der Waals surface area contributed by atoms with Crippen molar-refractivity contribution in [3.8, 4) is 0 Å². The zero-order valence-corrected chi connectivity index (χ0v) is 8.52. The van der Waals surface area contributed by atoms with Gasteiger partial charge in [-0.05, 0) is 44.2 Å². The lowest BCUT2D eigenvalue weighted by atomic mass is 9.71. The zero-order valence-electron chi connectivity index (χ0n) is 8.52. The van der Waals surface area contributed by atoms with Gasteiger partial charge in [0.1, 0.15) is 0 Å². The molecule has 2 fully saturated rings. The molecule has 0 aromatic carbocycles. The van der Waals surface area contributed by atoms with E-state index in [2.05, 4.69) is 22.5 Å². The first-order valence-electron chi connectivity index (χ1n) is 5.88. The number of aliphatic imine (C=N–C) groups is 1. The predicted octanol–water partition coefficient (Wildman–Crippen LogP) is 1.77. The summed E-state index contributed by atoms with van der Waals surface area (Å²) in [6.45, 7) is 1.20. The van der Waals surface area contributed by atoms with Gasteiger partial charge < -0.3 is 5.32 Å². The van der Waals surface area contributed by atoms with Crippen molar-refractivity contribution in [1.82, 2.24) is 5.32 Å². The third kappa shape index (κ3) is 1.33. The number of allylic oxidation sites excluding steroid dienone is 1. The van der Waals surface area contributed by atoms with E-state index in [1.54, 1.807) is 0 Å². The maximum Gasteiger partial charge on any atom is 0.0717 e. The molecule has 3 rings (SSSR count). The monoisotopic (exact) mass is 190 g/mol. The summed E-state index contributed by atoms with van der Waals surface area (Å²) in [4.78, 5) is 4.66. The predicted molar refractivity (Wildman–Crippen MR) is 58.7 cm³/mol. The number of nitrogens with zero attached hydrogens (tertiary/aromatic N) is 1. The van der Waals surface area contributed by atoms with Crippen LogP contribution >= 0.6 is 0 Å². The molecule has 0 amide bonds. The Kier molecular flexibility index (Phi) is 2.17. The van der Waals surface area contributed by atoms with Gasteiger partial charge in [0.05, 0.1) is 6.04 Å². The van der Waals surface area contributed by atoms with E-state index in [1.807, 2.05) is 6.21 Å². The molecule has 1 saturated heterocycles. The highest BCUT2D eigenvalue weighted by molar-refractivity contribution is 5.72. The van der Waals surface area contributed by atoms with Gasteiger partial charge in [0, 0.05) is 18.2 Å². The second kappa shape index (κ2) is 3.50. The fourth-order valence-corrected chi connectivity index (χ4v) is 3.30. The minimum absolute atomic E-state index is 0.541. The number of hydrogen-bond donors (Lipinski definition) is 1. The molecule has 2 heterocycles. The number of piperidine rings is 1. The maximum atomic E-state index is 4.66. The molecule has 2 aliphatic heterocycles. The van der Waals surface area contributed by atoms with Gasteiger partial charge in [0.2, 0.25) is 0 Å². The average molecular weight is 190 g/mol. The molecule has 4 atom stereocenters. The quantitative estimate of drug-likeness (QED) is 0.618. The van der Waals surface area contributed by atoms with Crippen LogP contribution in [0.3, 0.4) is 0 Å². The van der Waals surface area contributed by atoms with Gasteiger partial charge in [-0.3, -0.25) is 4.99 Å². The first-order valence-corrected chi connectivity index (χ1v) is 5.88. The number of rotatable bonds is 0. The number of nitrogens with one attached hydrogen (secondary N) is 1. The molecule has 14 heavy (non-hydrogen) atoms. The molecule has 4 unspecified atom stereocenters. The lowest BCUT2D eigenvalue weighted by Gasteiger charge is -2.44. The van der Waals surface area contributed by atoms with Crippen molar-refractivity contribution in [3.05, 3.63) is 12.2 Å². The highest BCUT2D eigenvalue weighted by Crippen LogP contribution is 2.37. The summed E-state index contributed by atoms with van der Waals surface area (Å²) < 4.78 is 0. The van der Waals surface area contributed by atoms with Crippen LogP contribution in [0.2, 0.25) is 0 Å². The Morgan fingerprint density at radius 3 is 3.21 bits per heavy atom. The Balaban J connectivity index is 1.82. The topological polar surface area (TPSA) is 24.4 Å². The van der Waals surface area contributed by atoms with Crippen molar-refractivity contribution in [3.63, 3.8) is 0 Å². The van der Waals surface area contributed by atoms with Crippen LogP contribution in [0, 0.1) is 11.8 Å². The van der Waals surface area contributed by atoms with Gasteiger partial charge in [-0.25, -0.2) is 0 Å². The van der Waals surface area contributed by atoms with Crippen LogP contribution in [-0.4, -0.2) is 24.8 Å². The van der Waals surface area contributed by atoms with Gasteiger partial charge in [-0.15, -0.1) is 0 Å². The summed E-state index contributed by atoms with van der Waals surface area (Å²) in [7, 11) is 0. The van der Waals surface area contributed by atoms with Crippen LogP contribution in [0.4, 0.5) is 0 Å². The second-order valence-electron chi connectivity index (χ2n) is 4.80. The Labute approximate surface area is 85.5 Å². The van der Waals surface area contributed by atoms with E-state index in [0.29, 0.717) is 18.0 Å². The van der Waals surface area contributed by atoms with E-state index in [0.717, 1.165) is 5.92 Å².